The quantitative estimate of drug-likeness (QED) is 0.0702. The number of carbonyl (C=O) groups excluding carboxylic acids is 1. The molecule has 3 saturated carbocycles. The number of anilines is 2. The average molecular weight is 867 g/mol. The molecule has 6 aliphatic rings. The molecule has 15 nitrogen and oxygen atoms in total. The van der Waals surface area contributed by atoms with Crippen LogP contribution >= 0.6 is 0 Å². The van der Waals surface area contributed by atoms with Gasteiger partial charge in [0.05, 0.1) is 34.3 Å². The van der Waals surface area contributed by atoms with E-state index in [1.54, 1.807) is 41.7 Å². The Bertz CT molecular complexity index is 2510. The van der Waals surface area contributed by atoms with Crippen LogP contribution in [0.25, 0.3) is 11.0 Å². The van der Waals surface area contributed by atoms with E-state index in [2.05, 4.69) is 55.5 Å². The summed E-state index contributed by atoms with van der Waals surface area (Å²) >= 11 is 0. The molecule has 4 aliphatic carbocycles. The van der Waals surface area contributed by atoms with Crippen LogP contribution in [-0.2, 0) is 14.8 Å². The standard InChI is InChI=1S/C46H58N8O7S/c1-30-22-46(23-33(30)24-46)39-25-45(2,3)11-9-32(39)28-52-13-15-53(16-14-52)34-5-7-38(42(20-34)61-35-19-31-10-12-47-43(31)49-26-35)44(55)50-62(58,59)37-6-8-40(41(21-37)54(56)57)48-27-36-29-51(4)17-18-60-36/h5-8,10,12,19-21,26,30,33,36,48H,9,11,13-18,22-25,27-29H2,1-4H3,(H,47,49)(H,50,55)/t30-,33?,36?,46?/m0/s1. The lowest BCUT2D eigenvalue weighted by molar-refractivity contribution is -0.384. The smallest absolute Gasteiger partial charge is 0.293 e. The predicted molar refractivity (Wildman–Crippen MR) is 238 cm³/mol. The number of nitrogens with zero attached hydrogens (tertiary/aromatic N) is 5. The molecular formula is C46H58N8O7S. The summed E-state index contributed by atoms with van der Waals surface area (Å²) in [5, 5.41) is 16.0. The molecule has 2 aromatic carbocycles. The molecule has 5 fully saturated rings. The molecule has 0 spiro atoms. The van der Waals surface area contributed by atoms with Crippen molar-refractivity contribution in [3.63, 3.8) is 0 Å². The molecule has 1 unspecified atom stereocenters. The number of morpholine rings is 1. The zero-order valence-corrected chi connectivity index (χ0v) is 36.9. The van der Waals surface area contributed by atoms with Gasteiger partial charge >= 0.3 is 0 Å². The van der Waals surface area contributed by atoms with E-state index in [9.17, 15) is 23.3 Å². The Morgan fingerprint density at radius 2 is 1.87 bits per heavy atom. The first-order chi connectivity index (χ1) is 29.6. The van der Waals surface area contributed by atoms with Crippen LogP contribution in [0.2, 0.25) is 0 Å². The summed E-state index contributed by atoms with van der Waals surface area (Å²) in [5.74, 6) is 1.32. The Hall–Kier alpha value is -5.03. The maximum absolute atomic E-state index is 14.0. The number of benzene rings is 2. The lowest BCUT2D eigenvalue weighted by atomic mass is 9.58. The largest absolute Gasteiger partial charge is 0.455 e. The summed E-state index contributed by atoms with van der Waals surface area (Å²) in [5.41, 5.74) is 5.45. The van der Waals surface area contributed by atoms with Crippen LogP contribution in [0.4, 0.5) is 17.1 Å². The summed E-state index contributed by atoms with van der Waals surface area (Å²) in [6.07, 6.45) is 10.9. The molecule has 330 valence electrons. The van der Waals surface area contributed by atoms with Gasteiger partial charge in [0.15, 0.2) is 0 Å². The number of H-pyrrole nitrogens is 1. The van der Waals surface area contributed by atoms with Crippen molar-refractivity contribution in [3.8, 4) is 11.5 Å². The van der Waals surface area contributed by atoms with Crippen molar-refractivity contribution < 1.29 is 27.6 Å². The number of nitro benzene ring substituents is 1. The number of nitro groups is 1. The SMILES string of the molecule is C[C@H]1CC2(C3=C(CN4CCN(c5ccc(C(=O)NS(=O)(=O)c6ccc(NCC7CN(C)CCO7)c([N+](=O)[O-])c6)c(Oc6cnc7[nH]ccc7c6)c5)CC4)CCC(C)(C)C3)CC1C2. The number of aromatic nitrogens is 2. The van der Waals surface area contributed by atoms with Crippen LogP contribution in [-0.4, -0.2) is 111 Å². The van der Waals surface area contributed by atoms with Gasteiger partial charge in [0.25, 0.3) is 21.6 Å². The Labute approximate surface area is 363 Å². The molecular weight excluding hydrogens is 809 g/mol. The van der Waals surface area contributed by atoms with Crippen LogP contribution in [0.15, 0.2) is 77.0 Å². The molecule has 1 amide bonds. The molecule has 2 bridgehead atoms. The minimum absolute atomic E-state index is 0.0195. The summed E-state index contributed by atoms with van der Waals surface area (Å²) in [6, 6.07) is 12.3. The van der Waals surface area contributed by atoms with Gasteiger partial charge in [-0.1, -0.05) is 31.9 Å². The maximum atomic E-state index is 14.0. The third kappa shape index (κ3) is 8.66. The highest BCUT2D eigenvalue weighted by Gasteiger charge is 2.57. The molecule has 62 heavy (non-hydrogen) atoms. The topological polar surface area (TPSA) is 175 Å². The predicted octanol–water partition coefficient (Wildman–Crippen LogP) is 7.19. The van der Waals surface area contributed by atoms with Gasteiger partial charge in [0, 0.05) is 81.8 Å². The fourth-order valence-electron chi connectivity index (χ4n) is 10.7. The van der Waals surface area contributed by atoms with Crippen LogP contribution in [0.1, 0.15) is 69.7 Å². The molecule has 2 aliphatic heterocycles. The number of sulfonamides is 1. The van der Waals surface area contributed by atoms with E-state index in [0.717, 1.165) is 68.2 Å². The number of nitrogens with one attached hydrogen (secondary N) is 3. The van der Waals surface area contributed by atoms with Gasteiger partial charge < -0.3 is 29.6 Å². The zero-order chi connectivity index (χ0) is 43.4. The third-order valence-corrected chi connectivity index (χ3v) is 15.5. The highest BCUT2D eigenvalue weighted by atomic mass is 32.2. The Morgan fingerprint density at radius 3 is 2.61 bits per heavy atom. The number of carbonyl (C=O) groups is 1. The van der Waals surface area contributed by atoms with Gasteiger partial charge in [-0.05, 0) is 105 Å². The Morgan fingerprint density at radius 1 is 1.06 bits per heavy atom. The van der Waals surface area contributed by atoms with Crippen molar-refractivity contribution in [1.29, 1.82) is 0 Å². The molecule has 4 aromatic rings. The van der Waals surface area contributed by atoms with Gasteiger partial charge in [0.2, 0.25) is 0 Å². The average Bonchev–Trinajstić information content (AvgIpc) is 3.93. The molecule has 0 radical (unpaired) electrons. The molecule has 2 saturated heterocycles. The number of fused-ring (bicyclic) bond motifs is 2. The number of amides is 1. The Kier molecular flexibility index (Phi) is 11.3. The van der Waals surface area contributed by atoms with Crippen molar-refractivity contribution in [2.24, 2.45) is 22.7 Å². The molecule has 4 heterocycles. The minimum Gasteiger partial charge on any atom is -0.455 e. The first kappa shape index (κ1) is 42.3. The van der Waals surface area contributed by atoms with E-state index in [4.69, 9.17) is 9.47 Å². The summed E-state index contributed by atoms with van der Waals surface area (Å²) in [7, 11) is -2.59. The van der Waals surface area contributed by atoms with E-state index in [1.165, 1.54) is 50.7 Å². The lowest BCUT2D eigenvalue weighted by Gasteiger charge is -2.48. The normalized spacial score (nSPS) is 25.4. The molecule has 3 N–H and O–H groups in total. The number of allylic oxidation sites excluding steroid dienone is 1. The number of piperazine rings is 1. The second kappa shape index (κ2) is 16.6. The van der Waals surface area contributed by atoms with E-state index >= 15 is 0 Å². The van der Waals surface area contributed by atoms with Crippen LogP contribution in [0.3, 0.4) is 0 Å². The third-order valence-electron chi connectivity index (χ3n) is 14.2. The number of pyridine rings is 1. The highest BCUT2D eigenvalue weighted by Crippen LogP contribution is 2.68. The number of rotatable bonds is 13. The Balaban J connectivity index is 0.921. The van der Waals surface area contributed by atoms with Gasteiger partial charge in [-0.2, -0.15) is 0 Å². The lowest BCUT2D eigenvalue weighted by Crippen LogP contribution is -2.47. The minimum atomic E-state index is -4.56. The van der Waals surface area contributed by atoms with Crippen molar-refractivity contribution in [2.75, 3.05) is 76.2 Å². The van der Waals surface area contributed by atoms with E-state index in [0.29, 0.717) is 41.9 Å². The molecule has 2 atom stereocenters. The van der Waals surface area contributed by atoms with Crippen LogP contribution in [0, 0.1) is 32.8 Å². The molecule has 10 rings (SSSR count). The summed E-state index contributed by atoms with van der Waals surface area (Å²) in [4.78, 5) is 39.5. The maximum Gasteiger partial charge on any atom is 0.293 e. The molecule has 16 heteroatoms. The first-order valence-electron chi connectivity index (χ1n) is 22.0. The fourth-order valence-corrected chi connectivity index (χ4v) is 11.7. The van der Waals surface area contributed by atoms with Crippen LogP contribution < -0.4 is 19.7 Å². The van der Waals surface area contributed by atoms with Crippen molar-refractivity contribution >= 4 is 44.0 Å². The first-order valence-corrected chi connectivity index (χ1v) is 23.5. The van der Waals surface area contributed by atoms with Crippen LogP contribution in [0.5, 0.6) is 11.5 Å². The number of hydrogen-bond acceptors (Lipinski definition) is 12. The highest BCUT2D eigenvalue weighted by molar-refractivity contribution is 7.90. The summed E-state index contributed by atoms with van der Waals surface area (Å²) in [6.45, 7) is 14.0. The summed E-state index contributed by atoms with van der Waals surface area (Å²) < 4.78 is 41.7. The van der Waals surface area contributed by atoms with E-state index in [1.807, 2.05) is 19.2 Å². The van der Waals surface area contributed by atoms with Crippen molar-refractivity contribution in [1.82, 2.24) is 24.5 Å². The number of aromatic amines is 1. The monoisotopic (exact) mass is 866 g/mol. The second-order valence-corrected chi connectivity index (χ2v) is 20.9. The number of likely N-dealkylation sites (N-methyl/N-ethyl adjacent to an activating group) is 1. The van der Waals surface area contributed by atoms with Gasteiger partial charge in [0.1, 0.15) is 22.8 Å². The fraction of sp³-hybridized carbons (Fsp3) is 0.522. The van der Waals surface area contributed by atoms with Gasteiger partial charge in [-0.3, -0.25) is 19.8 Å². The molecule has 2 aromatic heterocycles. The number of ether oxygens (including phenoxy) is 2. The van der Waals surface area contributed by atoms with E-state index in [-0.39, 0.29) is 23.1 Å². The van der Waals surface area contributed by atoms with Gasteiger partial charge in [-0.15, -0.1) is 0 Å². The zero-order valence-electron chi connectivity index (χ0n) is 36.1. The van der Waals surface area contributed by atoms with Crippen molar-refractivity contribution in [3.05, 3.63) is 87.7 Å². The van der Waals surface area contributed by atoms with Crippen molar-refractivity contribution in [2.45, 2.75) is 70.3 Å². The van der Waals surface area contributed by atoms with Gasteiger partial charge in [-0.25, -0.2) is 18.1 Å². The second-order valence-electron chi connectivity index (χ2n) is 19.2. The van der Waals surface area contributed by atoms with E-state index < -0.39 is 31.4 Å². The number of hydrogen-bond donors (Lipinski definition) is 3.